The molecular weight excluding hydrogens is 449 g/mol. The molecule has 0 aliphatic carbocycles. The van der Waals surface area contributed by atoms with Gasteiger partial charge in [0, 0.05) is 31.7 Å². The number of nitrogens with zero attached hydrogens (tertiary/aromatic N) is 7. The van der Waals surface area contributed by atoms with Gasteiger partial charge in [-0.2, -0.15) is 5.10 Å². The molecular formula is C25H24FN7O2. The van der Waals surface area contributed by atoms with Gasteiger partial charge in [0.15, 0.2) is 5.65 Å². The molecule has 0 spiro atoms. The number of halogens is 1. The van der Waals surface area contributed by atoms with Crippen LogP contribution in [0.3, 0.4) is 0 Å². The number of benzene rings is 1. The van der Waals surface area contributed by atoms with Crippen molar-refractivity contribution < 1.29 is 13.9 Å². The van der Waals surface area contributed by atoms with Crippen molar-refractivity contribution in [1.82, 2.24) is 29.0 Å². The second kappa shape index (κ2) is 10.1. The number of imidazole rings is 2. The lowest BCUT2D eigenvalue weighted by molar-refractivity contribution is -0.116. The summed E-state index contributed by atoms with van der Waals surface area (Å²) in [4.78, 5) is 26.5. The SMILES string of the molecule is [C-]#[N+]CC(=O)Cc1cn2nc(-c3c(-c4ccc(F)cc4)ncn3CCN3CCOCC3)ccc2n1. The molecule has 35 heavy (non-hydrogen) atoms. The van der Waals surface area contributed by atoms with Gasteiger partial charge in [-0.05, 0) is 36.4 Å². The molecule has 0 unspecified atom stereocenters. The first-order chi connectivity index (χ1) is 17.1. The van der Waals surface area contributed by atoms with E-state index in [1.54, 1.807) is 29.2 Å². The average molecular weight is 474 g/mol. The molecule has 1 fully saturated rings. The summed E-state index contributed by atoms with van der Waals surface area (Å²) in [6, 6.07) is 9.99. The molecule has 0 atom stereocenters. The monoisotopic (exact) mass is 473 g/mol. The smallest absolute Gasteiger partial charge is 0.272 e. The third-order valence-corrected chi connectivity index (χ3v) is 5.96. The Morgan fingerprint density at radius 2 is 1.91 bits per heavy atom. The summed E-state index contributed by atoms with van der Waals surface area (Å²) in [6.07, 6.45) is 3.61. The van der Waals surface area contributed by atoms with Crippen LogP contribution < -0.4 is 0 Å². The molecule has 0 saturated carbocycles. The number of morpholine rings is 1. The van der Waals surface area contributed by atoms with Crippen LogP contribution in [0.4, 0.5) is 4.39 Å². The number of carbonyl (C=O) groups is 1. The molecule has 0 amide bonds. The Bertz CT molecular complexity index is 1380. The summed E-state index contributed by atoms with van der Waals surface area (Å²) in [5, 5.41) is 4.76. The van der Waals surface area contributed by atoms with Crippen molar-refractivity contribution in [2.24, 2.45) is 0 Å². The van der Waals surface area contributed by atoms with Crippen molar-refractivity contribution in [1.29, 1.82) is 0 Å². The maximum Gasteiger partial charge on any atom is 0.272 e. The summed E-state index contributed by atoms with van der Waals surface area (Å²) in [7, 11) is 0. The van der Waals surface area contributed by atoms with Gasteiger partial charge in [0.25, 0.3) is 6.54 Å². The van der Waals surface area contributed by atoms with Crippen molar-refractivity contribution in [2.75, 3.05) is 39.4 Å². The largest absolute Gasteiger partial charge is 0.379 e. The number of carbonyl (C=O) groups excluding carboxylic acids is 1. The van der Waals surface area contributed by atoms with Gasteiger partial charge < -0.3 is 14.1 Å². The molecule has 0 radical (unpaired) electrons. The van der Waals surface area contributed by atoms with E-state index in [0.717, 1.165) is 44.1 Å². The van der Waals surface area contributed by atoms with Gasteiger partial charge in [0.05, 0.1) is 49.2 Å². The molecule has 10 heteroatoms. The fraction of sp³-hybridized carbons (Fsp3) is 0.320. The van der Waals surface area contributed by atoms with Gasteiger partial charge in [-0.3, -0.25) is 9.69 Å². The first kappa shape index (κ1) is 22.8. The number of hydrogen-bond acceptors (Lipinski definition) is 6. The van der Waals surface area contributed by atoms with E-state index in [0.29, 0.717) is 29.3 Å². The van der Waals surface area contributed by atoms with Crippen LogP contribution in [-0.4, -0.2) is 74.2 Å². The third-order valence-electron chi connectivity index (χ3n) is 5.96. The van der Waals surface area contributed by atoms with Gasteiger partial charge >= 0.3 is 0 Å². The molecule has 4 aromatic rings. The zero-order chi connectivity index (χ0) is 24.2. The normalized spacial score (nSPS) is 14.3. The first-order valence-electron chi connectivity index (χ1n) is 11.4. The van der Waals surface area contributed by atoms with Gasteiger partial charge in [-0.25, -0.2) is 25.4 Å². The highest BCUT2D eigenvalue weighted by Gasteiger charge is 2.19. The van der Waals surface area contributed by atoms with Crippen LogP contribution in [0, 0.1) is 12.4 Å². The Hall–Kier alpha value is -3.94. The van der Waals surface area contributed by atoms with Crippen LogP contribution in [0.1, 0.15) is 5.69 Å². The Morgan fingerprint density at radius 3 is 2.69 bits per heavy atom. The molecule has 0 bridgehead atoms. The van der Waals surface area contributed by atoms with Crippen LogP contribution in [0.2, 0.25) is 0 Å². The van der Waals surface area contributed by atoms with Crippen LogP contribution >= 0.6 is 0 Å². The Balaban J connectivity index is 1.50. The number of hydrogen-bond donors (Lipinski definition) is 0. The lowest BCUT2D eigenvalue weighted by Gasteiger charge is -2.26. The summed E-state index contributed by atoms with van der Waals surface area (Å²) in [6.45, 7) is 11.5. The van der Waals surface area contributed by atoms with Crippen LogP contribution in [0.15, 0.2) is 48.9 Å². The van der Waals surface area contributed by atoms with Crippen molar-refractivity contribution in [2.45, 2.75) is 13.0 Å². The lowest BCUT2D eigenvalue weighted by Crippen LogP contribution is -2.38. The predicted octanol–water partition coefficient (Wildman–Crippen LogP) is 2.76. The highest BCUT2D eigenvalue weighted by Crippen LogP contribution is 2.30. The fourth-order valence-corrected chi connectivity index (χ4v) is 4.20. The maximum absolute atomic E-state index is 13.6. The highest BCUT2D eigenvalue weighted by molar-refractivity contribution is 5.83. The zero-order valence-electron chi connectivity index (χ0n) is 19.1. The number of Topliss-reactive ketones (excluding diaryl/α,β-unsaturated/α-hetero) is 1. The number of ether oxygens (including phenoxy) is 1. The van der Waals surface area contributed by atoms with E-state index in [9.17, 15) is 9.18 Å². The van der Waals surface area contributed by atoms with Crippen molar-refractivity contribution >= 4 is 11.4 Å². The molecule has 5 rings (SSSR count). The summed E-state index contributed by atoms with van der Waals surface area (Å²) >= 11 is 0. The fourth-order valence-electron chi connectivity index (χ4n) is 4.20. The minimum atomic E-state index is -0.305. The molecule has 0 N–H and O–H groups in total. The Morgan fingerprint density at radius 1 is 1.11 bits per heavy atom. The van der Waals surface area contributed by atoms with Gasteiger partial charge in [0.1, 0.15) is 11.5 Å². The first-order valence-corrected chi connectivity index (χ1v) is 11.4. The van der Waals surface area contributed by atoms with Gasteiger partial charge in [-0.15, -0.1) is 0 Å². The lowest BCUT2D eigenvalue weighted by atomic mass is 10.1. The third kappa shape index (κ3) is 5.11. The van der Waals surface area contributed by atoms with E-state index in [1.165, 1.54) is 12.1 Å². The predicted molar refractivity (Wildman–Crippen MR) is 127 cm³/mol. The minimum Gasteiger partial charge on any atom is -0.379 e. The molecule has 178 valence electrons. The summed E-state index contributed by atoms with van der Waals surface area (Å²) in [5.74, 6) is -0.483. The van der Waals surface area contributed by atoms with E-state index in [2.05, 4.69) is 24.3 Å². The molecule has 3 aromatic heterocycles. The van der Waals surface area contributed by atoms with Gasteiger partial charge in [0.2, 0.25) is 5.78 Å². The van der Waals surface area contributed by atoms with E-state index in [1.807, 2.05) is 12.1 Å². The Labute approximate surface area is 201 Å². The van der Waals surface area contributed by atoms with Gasteiger partial charge in [-0.1, -0.05) is 0 Å². The Kier molecular flexibility index (Phi) is 6.61. The standard InChI is InChI=1S/C25H24FN7O2/c1-27-15-21(34)14-20-16-33-23(29-20)7-6-22(30-33)25-24(18-2-4-19(26)5-3-18)28-17-32(25)9-8-31-10-12-35-13-11-31/h2-7,16-17H,8-15H2. The molecule has 1 aliphatic heterocycles. The van der Waals surface area contributed by atoms with Crippen LogP contribution in [0.25, 0.3) is 33.1 Å². The van der Waals surface area contributed by atoms with Crippen LogP contribution in [0.5, 0.6) is 0 Å². The second-order valence-corrected chi connectivity index (χ2v) is 8.38. The molecule has 9 nitrogen and oxygen atoms in total. The minimum absolute atomic E-state index is 0.0966. The van der Waals surface area contributed by atoms with E-state index < -0.39 is 0 Å². The molecule has 1 aromatic carbocycles. The summed E-state index contributed by atoms with van der Waals surface area (Å²) in [5.41, 5.74) is 4.21. The maximum atomic E-state index is 13.6. The van der Waals surface area contributed by atoms with E-state index in [-0.39, 0.29) is 24.6 Å². The quantitative estimate of drug-likeness (QED) is 0.366. The molecule has 4 heterocycles. The van der Waals surface area contributed by atoms with E-state index >= 15 is 0 Å². The summed E-state index contributed by atoms with van der Waals surface area (Å²) < 4.78 is 22.7. The van der Waals surface area contributed by atoms with Crippen molar-refractivity contribution in [3.05, 3.63) is 71.9 Å². The van der Waals surface area contributed by atoms with Crippen molar-refractivity contribution in [3.8, 4) is 22.6 Å². The van der Waals surface area contributed by atoms with Crippen LogP contribution in [-0.2, 0) is 22.5 Å². The van der Waals surface area contributed by atoms with Crippen molar-refractivity contribution in [3.63, 3.8) is 0 Å². The average Bonchev–Trinajstić information content (AvgIpc) is 3.47. The van der Waals surface area contributed by atoms with E-state index in [4.69, 9.17) is 16.4 Å². The topological polar surface area (TPSA) is 81.9 Å². The highest BCUT2D eigenvalue weighted by atomic mass is 19.1. The number of aromatic nitrogens is 5. The number of rotatable bonds is 8. The molecule has 1 aliphatic rings. The number of fused-ring (bicyclic) bond motifs is 1. The number of ketones is 1. The molecule has 1 saturated heterocycles. The zero-order valence-corrected chi connectivity index (χ0v) is 19.1. The second-order valence-electron chi connectivity index (χ2n) is 8.38.